The summed E-state index contributed by atoms with van der Waals surface area (Å²) in [6.45, 7) is 2.05. The Balaban J connectivity index is 2.20. The third-order valence-corrected chi connectivity index (χ3v) is 3.69. The van der Waals surface area contributed by atoms with Crippen LogP contribution < -0.4 is 5.32 Å². The first-order valence-corrected chi connectivity index (χ1v) is 5.55. The lowest BCUT2D eigenvalue weighted by molar-refractivity contribution is -0.0401. The number of aliphatic hydroxyl groups is 1. The van der Waals surface area contributed by atoms with Crippen molar-refractivity contribution in [2.75, 3.05) is 0 Å². The number of fused-ring (bicyclic) bond motifs is 1. The average molecular weight is 194 g/mol. The average Bonchev–Trinajstić information content (AvgIpc) is 2.17. The van der Waals surface area contributed by atoms with Crippen molar-refractivity contribution < 1.29 is 5.11 Å². The predicted octanol–water partition coefficient (Wildman–Crippen LogP) is 1.18. The van der Waals surface area contributed by atoms with E-state index in [9.17, 15) is 5.11 Å². The van der Waals surface area contributed by atoms with Gasteiger partial charge in [-0.15, -0.1) is 0 Å². The SMILES string of the molecule is CC1CC(O)(C#N)C2CCCCC2N1. The summed E-state index contributed by atoms with van der Waals surface area (Å²) in [6.07, 6.45) is 5.06. The first-order chi connectivity index (χ1) is 6.65. The second-order valence-electron chi connectivity index (χ2n) is 4.81. The molecule has 2 rings (SSSR count). The zero-order chi connectivity index (χ0) is 10.2. The first-order valence-electron chi connectivity index (χ1n) is 5.55. The highest BCUT2D eigenvalue weighted by Crippen LogP contribution is 2.38. The van der Waals surface area contributed by atoms with Crippen LogP contribution in [0.3, 0.4) is 0 Å². The van der Waals surface area contributed by atoms with Gasteiger partial charge in [0.15, 0.2) is 5.60 Å². The Bertz CT molecular complexity index is 261. The van der Waals surface area contributed by atoms with E-state index in [4.69, 9.17) is 5.26 Å². The van der Waals surface area contributed by atoms with Crippen LogP contribution in [0.5, 0.6) is 0 Å². The van der Waals surface area contributed by atoms with Gasteiger partial charge in [-0.3, -0.25) is 0 Å². The van der Waals surface area contributed by atoms with Crippen LogP contribution >= 0.6 is 0 Å². The minimum absolute atomic E-state index is 0.150. The fourth-order valence-electron chi connectivity index (χ4n) is 3.07. The molecule has 0 radical (unpaired) electrons. The first kappa shape index (κ1) is 9.95. The monoisotopic (exact) mass is 194 g/mol. The highest BCUT2D eigenvalue weighted by Gasteiger charge is 2.47. The molecular formula is C11H18N2O. The number of nitrogens with zero attached hydrogens (tertiary/aromatic N) is 1. The minimum atomic E-state index is -1.07. The van der Waals surface area contributed by atoms with Crippen LogP contribution in [0.15, 0.2) is 0 Å². The van der Waals surface area contributed by atoms with Crippen LogP contribution in [0.1, 0.15) is 39.0 Å². The molecule has 1 aliphatic heterocycles. The third-order valence-electron chi connectivity index (χ3n) is 3.69. The molecule has 3 heteroatoms. The zero-order valence-electron chi connectivity index (χ0n) is 8.66. The zero-order valence-corrected chi connectivity index (χ0v) is 8.66. The molecule has 2 fully saturated rings. The van der Waals surface area contributed by atoms with Crippen LogP contribution in [-0.4, -0.2) is 22.8 Å². The van der Waals surface area contributed by atoms with Gasteiger partial charge >= 0.3 is 0 Å². The van der Waals surface area contributed by atoms with Crippen molar-refractivity contribution in [1.29, 1.82) is 5.26 Å². The van der Waals surface area contributed by atoms with Gasteiger partial charge in [0.1, 0.15) is 0 Å². The van der Waals surface area contributed by atoms with Gasteiger partial charge in [0.25, 0.3) is 0 Å². The molecule has 14 heavy (non-hydrogen) atoms. The number of rotatable bonds is 0. The minimum Gasteiger partial charge on any atom is -0.375 e. The highest BCUT2D eigenvalue weighted by atomic mass is 16.3. The fourth-order valence-corrected chi connectivity index (χ4v) is 3.07. The molecule has 0 aromatic carbocycles. The van der Waals surface area contributed by atoms with E-state index in [1.54, 1.807) is 0 Å². The summed E-state index contributed by atoms with van der Waals surface area (Å²) in [7, 11) is 0. The molecule has 1 saturated carbocycles. The van der Waals surface area contributed by atoms with Crippen molar-refractivity contribution >= 4 is 0 Å². The van der Waals surface area contributed by atoms with Crippen molar-refractivity contribution in [3.63, 3.8) is 0 Å². The van der Waals surface area contributed by atoms with Gasteiger partial charge in [0.2, 0.25) is 0 Å². The molecule has 1 heterocycles. The smallest absolute Gasteiger partial charge is 0.156 e. The van der Waals surface area contributed by atoms with Gasteiger partial charge in [0, 0.05) is 24.4 Å². The Morgan fingerprint density at radius 2 is 2.14 bits per heavy atom. The molecule has 1 aliphatic carbocycles. The van der Waals surface area contributed by atoms with Crippen LogP contribution in [0.4, 0.5) is 0 Å². The van der Waals surface area contributed by atoms with Crippen LogP contribution in [0.2, 0.25) is 0 Å². The molecule has 3 nitrogen and oxygen atoms in total. The maximum Gasteiger partial charge on any atom is 0.156 e. The van der Waals surface area contributed by atoms with Crippen molar-refractivity contribution in [2.24, 2.45) is 5.92 Å². The van der Waals surface area contributed by atoms with Crippen LogP contribution in [0, 0.1) is 17.2 Å². The molecule has 78 valence electrons. The number of piperidine rings is 1. The lowest BCUT2D eigenvalue weighted by Crippen LogP contribution is -2.59. The molecule has 0 aromatic heterocycles. The van der Waals surface area contributed by atoms with Crippen molar-refractivity contribution in [3.8, 4) is 6.07 Å². The fraction of sp³-hybridized carbons (Fsp3) is 0.909. The summed E-state index contributed by atoms with van der Waals surface area (Å²) in [4.78, 5) is 0. The van der Waals surface area contributed by atoms with Crippen molar-refractivity contribution in [1.82, 2.24) is 5.32 Å². The van der Waals surface area contributed by atoms with E-state index in [1.807, 2.05) is 6.92 Å². The lowest BCUT2D eigenvalue weighted by atomic mass is 9.69. The van der Waals surface area contributed by atoms with E-state index in [0.29, 0.717) is 12.5 Å². The van der Waals surface area contributed by atoms with Gasteiger partial charge in [-0.2, -0.15) is 5.26 Å². The predicted molar refractivity (Wildman–Crippen MR) is 53.5 cm³/mol. The Kier molecular flexibility index (Phi) is 2.50. The quantitative estimate of drug-likeness (QED) is 0.569. The molecule has 0 amide bonds. The molecular weight excluding hydrogens is 176 g/mol. The maximum atomic E-state index is 10.2. The van der Waals surface area contributed by atoms with Gasteiger partial charge in [0.05, 0.1) is 6.07 Å². The summed E-state index contributed by atoms with van der Waals surface area (Å²) in [6, 6.07) is 2.75. The van der Waals surface area contributed by atoms with E-state index < -0.39 is 5.60 Å². The molecule has 2 N–H and O–H groups in total. The number of hydrogen-bond acceptors (Lipinski definition) is 3. The normalized spacial score (nSPS) is 47.9. The van der Waals surface area contributed by atoms with E-state index in [0.717, 1.165) is 19.3 Å². The van der Waals surface area contributed by atoms with Crippen molar-refractivity contribution in [3.05, 3.63) is 0 Å². The Labute approximate surface area is 85.1 Å². The topological polar surface area (TPSA) is 56.0 Å². The van der Waals surface area contributed by atoms with E-state index in [2.05, 4.69) is 11.4 Å². The van der Waals surface area contributed by atoms with E-state index >= 15 is 0 Å². The number of hydrogen-bond donors (Lipinski definition) is 2. The molecule has 0 bridgehead atoms. The second kappa shape index (κ2) is 3.52. The summed E-state index contributed by atoms with van der Waals surface area (Å²) in [5, 5.41) is 22.8. The van der Waals surface area contributed by atoms with Crippen molar-refractivity contribution in [2.45, 2.75) is 56.7 Å². The third kappa shape index (κ3) is 1.53. The number of nitrogens with one attached hydrogen (secondary N) is 1. The summed E-state index contributed by atoms with van der Waals surface area (Å²) in [5.74, 6) is 0.150. The molecule has 0 aromatic rings. The van der Waals surface area contributed by atoms with Gasteiger partial charge in [-0.25, -0.2) is 0 Å². The molecule has 1 saturated heterocycles. The highest BCUT2D eigenvalue weighted by molar-refractivity contribution is 5.12. The second-order valence-corrected chi connectivity index (χ2v) is 4.81. The van der Waals surface area contributed by atoms with Gasteiger partial charge < -0.3 is 10.4 Å². The summed E-state index contributed by atoms with van der Waals surface area (Å²) >= 11 is 0. The molecule has 4 atom stereocenters. The maximum absolute atomic E-state index is 10.2. The van der Waals surface area contributed by atoms with E-state index in [1.165, 1.54) is 6.42 Å². The van der Waals surface area contributed by atoms with Gasteiger partial charge in [-0.05, 0) is 19.8 Å². The summed E-state index contributed by atoms with van der Waals surface area (Å²) < 4.78 is 0. The largest absolute Gasteiger partial charge is 0.375 e. The standard InChI is InChI=1S/C11H18N2O/c1-8-6-11(14,7-12)9-4-2-3-5-10(9)13-8/h8-10,13-14H,2-6H2,1H3. The van der Waals surface area contributed by atoms with Crippen LogP contribution in [0.25, 0.3) is 0 Å². The van der Waals surface area contributed by atoms with Gasteiger partial charge in [-0.1, -0.05) is 12.8 Å². The summed E-state index contributed by atoms with van der Waals surface area (Å²) in [5.41, 5.74) is -1.07. The molecule has 2 aliphatic rings. The van der Waals surface area contributed by atoms with E-state index in [-0.39, 0.29) is 12.0 Å². The Morgan fingerprint density at radius 3 is 2.86 bits per heavy atom. The Morgan fingerprint density at radius 1 is 1.43 bits per heavy atom. The molecule has 4 unspecified atom stereocenters. The van der Waals surface area contributed by atoms with Crippen LogP contribution in [-0.2, 0) is 0 Å². The Hall–Kier alpha value is -0.590. The molecule has 0 spiro atoms. The lowest BCUT2D eigenvalue weighted by Gasteiger charge is -2.46. The number of nitriles is 1.